The molecule has 1 atom stereocenters. The van der Waals surface area contributed by atoms with Gasteiger partial charge in [0.25, 0.3) is 0 Å². The number of urea groups is 1. The largest absolute Gasteiger partial charge is 0.487 e. The minimum absolute atomic E-state index is 0.0955. The van der Waals surface area contributed by atoms with Crippen LogP contribution in [0.2, 0.25) is 0 Å². The van der Waals surface area contributed by atoms with Gasteiger partial charge in [0.15, 0.2) is 0 Å². The number of amides is 2. The molecule has 2 N–H and O–H groups in total. The second-order valence-electron chi connectivity index (χ2n) is 5.54. The monoisotopic (exact) mass is 343 g/mol. The maximum Gasteiger partial charge on any atom is 0.319 e. The average Bonchev–Trinajstić information content (AvgIpc) is 2.67. The van der Waals surface area contributed by atoms with Crippen LogP contribution in [0.25, 0.3) is 0 Å². The molecule has 1 aliphatic heterocycles. The van der Waals surface area contributed by atoms with E-state index < -0.39 is 0 Å². The van der Waals surface area contributed by atoms with Gasteiger partial charge < -0.3 is 24.8 Å². The third-order valence-electron chi connectivity index (χ3n) is 3.60. The number of carbonyl (C=O) groups excluding carboxylic acids is 1. The van der Waals surface area contributed by atoms with Gasteiger partial charge in [-0.25, -0.2) is 4.79 Å². The maximum atomic E-state index is 11.9. The molecule has 1 fully saturated rings. The number of benzene rings is 1. The van der Waals surface area contributed by atoms with Crippen LogP contribution in [-0.2, 0) is 16.1 Å². The molecule has 2 aromatic rings. The summed E-state index contributed by atoms with van der Waals surface area (Å²) >= 11 is 0. The fourth-order valence-electron chi connectivity index (χ4n) is 2.31. The zero-order valence-corrected chi connectivity index (χ0v) is 13.8. The van der Waals surface area contributed by atoms with Crippen LogP contribution >= 0.6 is 0 Å². The van der Waals surface area contributed by atoms with Crippen molar-refractivity contribution in [2.24, 2.45) is 0 Å². The summed E-state index contributed by atoms with van der Waals surface area (Å²) in [5.41, 5.74) is 1.54. The van der Waals surface area contributed by atoms with Crippen molar-refractivity contribution in [2.45, 2.75) is 12.7 Å². The van der Waals surface area contributed by atoms with Crippen LogP contribution in [0.1, 0.15) is 5.69 Å². The topological polar surface area (TPSA) is 81.7 Å². The van der Waals surface area contributed by atoms with Crippen LogP contribution in [0.15, 0.2) is 48.7 Å². The van der Waals surface area contributed by atoms with E-state index in [1.165, 1.54) is 0 Å². The maximum absolute atomic E-state index is 11.9. The summed E-state index contributed by atoms with van der Waals surface area (Å²) in [6, 6.07) is 12.6. The second kappa shape index (κ2) is 9.00. The second-order valence-corrected chi connectivity index (χ2v) is 5.54. The lowest BCUT2D eigenvalue weighted by molar-refractivity contribution is -0.0852. The molecular weight excluding hydrogens is 322 g/mol. The van der Waals surface area contributed by atoms with Gasteiger partial charge >= 0.3 is 6.03 Å². The van der Waals surface area contributed by atoms with Gasteiger partial charge in [0.1, 0.15) is 12.4 Å². The molecule has 1 aliphatic rings. The van der Waals surface area contributed by atoms with Crippen molar-refractivity contribution in [3.63, 3.8) is 0 Å². The fraction of sp³-hybridized carbons (Fsp3) is 0.333. The first kappa shape index (κ1) is 17.2. The number of pyridine rings is 1. The van der Waals surface area contributed by atoms with Crippen LogP contribution in [0.4, 0.5) is 10.5 Å². The van der Waals surface area contributed by atoms with Gasteiger partial charge in [0.2, 0.25) is 0 Å². The smallest absolute Gasteiger partial charge is 0.319 e. The molecule has 0 aliphatic carbocycles. The number of hydrogen-bond acceptors (Lipinski definition) is 5. The Morgan fingerprint density at radius 3 is 2.80 bits per heavy atom. The highest BCUT2D eigenvalue weighted by Gasteiger charge is 2.15. The van der Waals surface area contributed by atoms with Gasteiger partial charge in [-0.15, -0.1) is 0 Å². The van der Waals surface area contributed by atoms with Gasteiger partial charge in [-0.1, -0.05) is 6.07 Å². The molecule has 0 spiro atoms. The Bertz CT molecular complexity index is 658. The van der Waals surface area contributed by atoms with Crippen molar-refractivity contribution in [1.82, 2.24) is 10.3 Å². The predicted molar refractivity (Wildman–Crippen MR) is 92.6 cm³/mol. The molecule has 2 heterocycles. The Morgan fingerprint density at radius 2 is 2.08 bits per heavy atom. The zero-order valence-electron chi connectivity index (χ0n) is 13.8. The van der Waals surface area contributed by atoms with Gasteiger partial charge in [-0.05, 0) is 36.4 Å². The minimum atomic E-state index is -0.281. The van der Waals surface area contributed by atoms with E-state index in [0.717, 1.165) is 5.69 Å². The molecule has 1 saturated heterocycles. The van der Waals surface area contributed by atoms with Crippen molar-refractivity contribution < 1.29 is 19.0 Å². The lowest BCUT2D eigenvalue weighted by Gasteiger charge is -2.23. The highest BCUT2D eigenvalue weighted by atomic mass is 16.6. The number of nitrogens with one attached hydrogen (secondary N) is 2. The Balaban J connectivity index is 1.41. The fourth-order valence-corrected chi connectivity index (χ4v) is 2.31. The first-order chi connectivity index (χ1) is 12.3. The highest BCUT2D eigenvalue weighted by molar-refractivity contribution is 5.89. The molecule has 3 rings (SSSR count). The van der Waals surface area contributed by atoms with E-state index in [0.29, 0.717) is 44.4 Å². The summed E-state index contributed by atoms with van der Waals surface area (Å²) in [5, 5.41) is 5.54. The summed E-state index contributed by atoms with van der Waals surface area (Å²) in [7, 11) is 0. The number of nitrogens with zero attached hydrogens (tertiary/aromatic N) is 1. The summed E-state index contributed by atoms with van der Waals surface area (Å²) in [6.45, 7) is 2.49. The van der Waals surface area contributed by atoms with E-state index in [1.54, 1.807) is 30.5 Å². The van der Waals surface area contributed by atoms with Crippen molar-refractivity contribution in [3.8, 4) is 5.75 Å². The molecular formula is C18H21N3O4. The van der Waals surface area contributed by atoms with Gasteiger partial charge in [0, 0.05) is 18.4 Å². The van der Waals surface area contributed by atoms with Gasteiger partial charge in [0.05, 0.1) is 31.6 Å². The van der Waals surface area contributed by atoms with E-state index in [1.807, 2.05) is 18.2 Å². The van der Waals surface area contributed by atoms with Crippen molar-refractivity contribution >= 4 is 11.7 Å². The standard InChI is InChI=1S/C18H21N3O4/c22-18(20-11-17-13-23-9-10-24-17)21-14-4-6-16(7-5-14)25-12-15-3-1-2-8-19-15/h1-8,17H,9-13H2,(H2,20,21,22). The molecule has 0 saturated carbocycles. The Morgan fingerprint density at radius 1 is 1.20 bits per heavy atom. The molecule has 132 valence electrons. The molecule has 0 bridgehead atoms. The first-order valence-corrected chi connectivity index (χ1v) is 8.16. The predicted octanol–water partition coefficient (Wildman–Crippen LogP) is 2.20. The number of aromatic nitrogens is 1. The molecule has 0 radical (unpaired) electrons. The number of ether oxygens (including phenoxy) is 3. The molecule has 1 unspecified atom stereocenters. The van der Waals surface area contributed by atoms with Crippen molar-refractivity contribution in [1.29, 1.82) is 0 Å². The van der Waals surface area contributed by atoms with Crippen molar-refractivity contribution in [3.05, 3.63) is 54.4 Å². The average molecular weight is 343 g/mol. The normalized spacial score (nSPS) is 16.9. The highest BCUT2D eigenvalue weighted by Crippen LogP contribution is 2.16. The van der Waals surface area contributed by atoms with Crippen LogP contribution < -0.4 is 15.4 Å². The minimum Gasteiger partial charge on any atom is -0.487 e. The molecule has 2 amide bonds. The Hall–Kier alpha value is -2.64. The SMILES string of the molecule is O=C(NCC1COCCO1)Nc1ccc(OCc2ccccn2)cc1. The summed E-state index contributed by atoms with van der Waals surface area (Å²) in [4.78, 5) is 16.1. The molecule has 1 aromatic heterocycles. The van der Waals surface area contributed by atoms with E-state index in [2.05, 4.69) is 15.6 Å². The van der Waals surface area contributed by atoms with Crippen LogP contribution in [-0.4, -0.2) is 43.5 Å². The van der Waals surface area contributed by atoms with Crippen LogP contribution in [0, 0.1) is 0 Å². The van der Waals surface area contributed by atoms with E-state index in [-0.39, 0.29) is 12.1 Å². The molecule has 7 nitrogen and oxygen atoms in total. The molecule has 25 heavy (non-hydrogen) atoms. The Kier molecular flexibility index (Phi) is 6.19. The lowest BCUT2D eigenvalue weighted by Crippen LogP contribution is -2.41. The Labute approximate surface area is 146 Å². The van der Waals surface area contributed by atoms with Crippen LogP contribution in [0.3, 0.4) is 0 Å². The number of anilines is 1. The van der Waals surface area contributed by atoms with Gasteiger partial charge in [-0.2, -0.15) is 0 Å². The van der Waals surface area contributed by atoms with Crippen molar-refractivity contribution in [2.75, 3.05) is 31.7 Å². The third-order valence-corrected chi connectivity index (χ3v) is 3.60. The molecule has 1 aromatic carbocycles. The quantitative estimate of drug-likeness (QED) is 0.840. The number of hydrogen-bond donors (Lipinski definition) is 2. The zero-order chi connectivity index (χ0) is 17.3. The van der Waals surface area contributed by atoms with E-state index in [9.17, 15) is 4.79 Å². The molecule has 7 heteroatoms. The summed E-state index contributed by atoms with van der Waals surface area (Å²) in [6.07, 6.45) is 1.64. The summed E-state index contributed by atoms with van der Waals surface area (Å²) in [5.74, 6) is 0.712. The first-order valence-electron chi connectivity index (χ1n) is 8.16. The van der Waals surface area contributed by atoms with Gasteiger partial charge in [-0.3, -0.25) is 4.98 Å². The van der Waals surface area contributed by atoms with Crippen LogP contribution in [0.5, 0.6) is 5.75 Å². The van der Waals surface area contributed by atoms with E-state index in [4.69, 9.17) is 14.2 Å². The third kappa shape index (κ3) is 5.74. The summed E-state index contributed by atoms with van der Waals surface area (Å²) < 4.78 is 16.4. The van der Waals surface area contributed by atoms with E-state index >= 15 is 0 Å². The number of rotatable bonds is 6. The number of carbonyl (C=O) groups is 1. The lowest BCUT2D eigenvalue weighted by atomic mass is 10.3.